The van der Waals surface area contributed by atoms with E-state index in [0.717, 1.165) is 10.9 Å². The van der Waals surface area contributed by atoms with Gasteiger partial charge in [0.2, 0.25) is 0 Å². The molecule has 0 aliphatic heterocycles. The smallest absolute Gasteiger partial charge is 0.409 e. The van der Waals surface area contributed by atoms with Crippen molar-refractivity contribution in [1.82, 2.24) is 4.57 Å². The highest BCUT2D eigenvalue weighted by Gasteiger charge is 2.08. The average Bonchev–Trinajstić information content (AvgIpc) is 2.44. The number of ether oxygens (including phenoxy) is 1. The highest BCUT2D eigenvalue weighted by Crippen LogP contribution is 2.27. The number of aryl methyl sites for hydroxylation is 1. The molecule has 1 heterocycles. The first-order valence-corrected chi connectivity index (χ1v) is 4.47. The van der Waals surface area contributed by atoms with E-state index in [4.69, 9.17) is 16.3 Å². The van der Waals surface area contributed by atoms with Crippen LogP contribution in [0.4, 0.5) is 4.79 Å². The molecule has 0 spiro atoms. The van der Waals surface area contributed by atoms with Crippen LogP contribution < -0.4 is 4.74 Å². The molecule has 0 radical (unpaired) electrons. The van der Waals surface area contributed by atoms with Crippen molar-refractivity contribution in [2.75, 3.05) is 0 Å². The zero-order valence-electron chi connectivity index (χ0n) is 7.53. The van der Waals surface area contributed by atoms with Gasteiger partial charge in [-0.2, -0.15) is 0 Å². The molecule has 1 aromatic heterocycles. The third-order valence-electron chi connectivity index (χ3n) is 2.05. The van der Waals surface area contributed by atoms with Gasteiger partial charge in [0.15, 0.2) is 5.75 Å². The predicted octanol–water partition coefficient (Wildman–Crippen LogP) is 2.92. The van der Waals surface area contributed by atoms with E-state index in [1.807, 2.05) is 35.9 Å². The number of nitrogens with zero attached hydrogens (tertiary/aromatic N) is 1. The fourth-order valence-electron chi connectivity index (χ4n) is 1.47. The minimum Gasteiger partial charge on any atom is -0.412 e. The molecule has 14 heavy (non-hydrogen) atoms. The SMILES string of the molecule is Cn1cc(OC(=O)Cl)c2ccccc21. The van der Waals surface area contributed by atoms with Crippen molar-refractivity contribution in [3.63, 3.8) is 0 Å². The number of fused-ring (bicyclic) bond motifs is 1. The molecule has 3 nitrogen and oxygen atoms in total. The summed E-state index contributed by atoms with van der Waals surface area (Å²) in [6.07, 6.45) is 1.73. The maximum atomic E-state index is 10.6. The Labute approximate surface area is 85.8 Å². The molecule has 2 rings (SSSR count). The lowest BCUT2D eigenvalue weighted by atomic mass is 10.2. The Morgan fingerprint density at radius 3 is 2.86 bits per heavy atom. The zero-order valence-corrected chi connectivity index (χ0v) is 8.28. The number of halogens is 1. The number of carbonyl (C=O) groups is 1. The van der Waals surface area contributed by atoms with Gasteiger partial charge in [-0.25, -0.2) is 4.79 Å². The van der Waals surface area contributed by atoms with Gasteiger partial charge < -0.3 is 9.30 Å². The van der Waals surface area contributed by atoms with Gasteiger partial charge in [0.05, 0.1) is 5.52 Å². The molecule has 0 amide bonds. The Balaban J connectivity index is 2.60. The Morgan fingerprint density at radius 1 is 1.43 bits per heavy atom. The lowest BCUT2D eigenvalue weighted by Gasteiger charge is -1.95. The molecule has 0 saturated heterocycles. The third-order valence-corrected chi connectivity index (χ3v) is 2.13. The molecule has 0 aliphatic rings. The van der Waals surface area contributed by atoms with Crippen LogP contribution in [0.25, 0.3) is 10.9 Å². The van der Waals surface area contributed by atoms with Crippen LogP contribution in [0.15, 0.2) is 30.5 Å². The number of benzene rings is 1. The van der Waals surface area contributed by atoms with Crippen LogP contribution >= 0.6 is 11.6 Å². The summed E-state index contributed by atoms with van der Waals surface area (Å²) in [7, 11) is 1.88. The van der Waals surface area contributed by atoms with Gasteiger partial charge in [-0.15, -0.1) is 0 Å². The molecule has 0 aliphatic carbocycles. The Morgan fingerprint density at radius 2 is 2.14 bits per heavy atom. The minimum atomic E-state index is -0.818. The van der Waals surface area contributed by atoms with Crippen molar-refractivity contribution < 1.29 is 9.53 Å². The fraction of sp³-hybridized carbons (Fsp3) is 0.100. The normalized spacial score (nSPS) is 10.4. The Kier molecular flexibility index (Phi) is 2.17. The van der Waals surface area contributed by atoms with E-state index in [9.17, 15) is 4.79 Å². The number of hydrogen-bond donors (Lipinski definition) is 0. The summed E-state index contributed by atoms with van der Waals surface area (Å²) in [5.41, 5.74) is 0.182. The molecule has 0 bridgehead atoms. The van der Waals surface area contributed by atoms with Crippen LogP contribution in [0, 0.1) is 0 Å². The summed E-state index contributed by atoms with van der Waals surface area (Å²) in [5, 5.41) is 0.879. The van der Waals surface area contributed by atoms with Crippen molar-refractivity contribution >= 4 is 27.9 Å². The number of carbonyl (C=O) groups excluding carboxylic acids is 1. The van der Waals surface area contributed by atoms with Gasteiger partial charge in [-0.05, 0) is 12.1 Å². The van der Waals surface area contributed by atoms with Crippen LogP contribution in [0.3, 0.4) is 0 Å². The Bertz CT molecular complexity index is 490. The summed E-state index contributed by atoms with van der Waals surface area (Å²) in [6, 6.07) is 7.63. The third kappa shape index (κ3) is 1.46. The first kappa shape index (κ1) is 9.09. The summed E-state index contributed by atoms with van der Waals surface area (Å²) < 4.78 is 6.73. The second-order valence-electron chi connectivity index (χ2n) is 2.96. The van der Waals surface area contributed by atoms with Crippen molar-refractivity contribution in [2.45, 2.75) is 0 Å². The van der Waals surface area contributed by atoms with Crippen molar-refractivity contribution in [1.29, 1.82) is 0 Å². The highest BCUT2D eigenvalue weighted by molar-refractivity contribution is 6.61. The number of hydrogen-bond acceptors (Lipinski definition) is 2. The molecule has 4 heteroatoms. The van der Waals surface area contributed by atoms with Gasteiger partial charge >= 0.3 is 5.43 Å². The van der Waals surface area contributed by atoms with E-state index < -0.39 is 5.43 Å². The quantitative estimate of drug-likeness (QED) is 0.677. The van der Waals surface area contributed by atoms with E-state index in [2.05, 4.69) is 0 Å². The van der Waals surface area contributed by atoms with Gasteiger partial charge in [-0.3, -0.25) is 0 Å². The molecular formula is C10H8ClNO2. The second-order valence-corrected chi connectivity index (χ2v) is 3.27. The number of aromatic nitrogens is 1. The summed E-state index contributed by atoms with van der Waals surface area (Å²) in [4.78, 5) is 10.6. The van der Waals surface area contributed by atoms with Crippen molar-refractivity contribution in [2.24, 2.45) is 7.05 Å². The van der Waals surface area contributed by atoms with Gasteiger partial charge in [-0.1, -0.05) is 12.1 Å². The molecule has 1 aromatic carbocycles. The average molecular weight is 210 g/mol. The molecular weight excluding hydrogens is 202 g/mol. The topological polar surface area (TPSA) is 31.2 Å². The molecule has 2 aromatic rings. The van der Waals surface area contributed by atoms with E-state index in [-0.39, 0.29) is 0 Å². The maximum Gasteiger partial charge on any atom is 0.409 e. The fourth-order valence-corrected chi connectivity index (χ4v) is 1.56. The van der Waals surface area contributed by atoms with Crippen molar-refractivity contribution in [3.05, 3.63) is 30.5 Å². The van der Waals surface area contributed by atoms with Gasteiger partial charge in [0.1, 0.15) is 0 Å². The summed E-state index contributed by atoms with van der Waals surface area (Å²) in [5.74, 6) is 0.489. The highest BCUT2D eigenvalue weighted by atomic mass is 35.5. The molecule has 0 N–H and O–H groups in total. The number of rotatable bonds is 1. The van der Waals surface area contributed by atoms with E-state index in [1.165, 1.54) is 0 Å². The lowest BCUT2D eigenvalue weighted by molar-refractivity contribution is 0.226. The minimum absolute atomic E-state index is 0.489. The molecule has 0 atom stereocenters. The van der Waals surface area contributed by atoms with Crippen LogP contribution in [0.1, 0.15) is 0 Å². The van der Waals surface area contributed by atoms with Crippen LogP contribution in [-0.2, 0) is 7.05 Å². The van der Waals surface area contributed by atoms with Crippen LogP contribution in [0.2, 0.25) is 0 Å². The van der Waals surface area contributed by atoms with E-state index in [1.54, 1.807) is 6.20 Å². The predicted molar refractivity (Wildman–Crippen MR) is 54.8 cm³/mol. The van der Waals surface area contributed by atoms with Crippen LogP contribution in [-0.4, -0.2) is 10.00 Å². The molecule has 0 unspecified atom stereocenters. The van der Waals surface area contributed by atoms with Crippen molar-refractivity contribution in [3.8, 4) is 5.75 Å². The molecule has 0 saturated carbocycles. The lowest BCUT2D eigenvalue weighted by Crippen LogP contribution is -1.94. The first-order chi connectivity index (χ1) is 6.68. The largest absolute Gasteiger partial charge is 0.412 e. The monoisotopic (exact) mass is 209 g/mol. The van der Waals surface area contributed by atoms with E-state index >= 15 is 0 Å². The van der Waals surface area contributed by atoms with Gasteiger partial charge in [0, 0.05) is 30.2 Å². The standard InChI is InChI=1S/C10H8ClNO2/c1-12-6-9(14-10(11)13)7-4-2-3-5-8(7)12/h2-6H,1H3. The summed E-state index contributed by atoms with van der Waals surface area (Å²) >= 11 is 5.15. The molecule has 0 fully saturated rings. The summed E-state index contributed by atoms with van der Waals surface area (Å²) in [6.45, 7) is 0. The second kappa shape index (κ2) is 3.35. The van der Waals surface area contributed by atoms with E-state index in [0.29, 0.717) is 5.75 Å². The van der Waals surface area contributed by atoms with Crippen LogP contribution in [0.5, 0.6) is 5.75 Å². The zero-order chi connectivity index (χ0) is 10.1. The van der Waals surface area contributed by atoms with Gasteiger partial charge in [0.25, 0.3) is 0 Å². The Hall–Kier alpha value is -1.48. The molecule has 72 valence electrons. The first-order valence-electron chi connectivity index (χ1n) is 4.10. The maximum absolute atomic E-state index is 10.6. The number of para-hydroxylation sites is 1.